The lowest BCUT2D eigenvalue weighted by Gasteiger charge is -2.25. The first-order valence-electron chi connectivity index (χ1n) is 4.57. The molecule has 5 heteroatoms. The van der Waals surface area contributed by atoms with Crippen LogP contribution in [0.1, 0.15) is 11.7 Å². The molecule has 0 bridgehead atoms. The van der Waals surface area contributed by atoms with Crippen LogP contribution in [-0.2, 0) is 0 Å². The van der Waals surface area contributed by atoms with Crippen LogP contribution in [0.4, 0.5) is 4.79 Å². The Bertz CT molecular complexity index is 316. The Labute approximate surface area is 95.2 Å². The number of hydrogen-bond donors (Lipinski definition) is 3. The van der Waals surface area contributed by atoms with Crippen molar-refractivity contribution in [3.63, 3.8) is 0 Å². The fourth-order valence-corrected chi connectivity index (χ4v) is 1.37. The highest BCUT2D eigenvalue weighted by Gasteiger charge is 2.15. The average Bonchev–Trinajstić information content (AvgIpc) is 2.26. The zero-order valence-electron chi connectivity index (χ0n) is 8.77. The number of rotatable bonds is 3. The molecule has 1 aromatic rings. The lowest BCUT2D eigenvalue weighted by atomic mass is 10.1. The summed E-state index contributed by atoms with van der Waals surface area (Å²) in [4.78, 5) is 13.1. The molecule has 1 aromatic carbocycles. The number of nitrogens with zero attached hydrogens (tertiary/aromatic N) is 1. The first kappa shape index (κ1) is 11.9. The van der Waals surface area contributed by atoms with Crippen molar-refractivity contribution in [1.29, 1.82) is 0 Å². The van der Waals surface area contributed by atoms with Crippen LogP contribution >= 0.6 is 12.8 Å². The second-order valence-electron chi connectivity index (χ2n) is 3.36. The van der Waals surface area contributed by atoms with Crippen molar-refractivity contribution in [2.24, 2.45) is 0 Å². The van der Waals surface area contributed by atoms with Crippen LogP contribution in [0.2, 0.25) is 0 Å². The van der Waals surface area contributed by atoms with Gasteiger partial charge in [0.15, 0.2) is 0 Å². The monoisotopic (exact) mass is 225 g/mol. The van der Waals surface area contributed by atoms with Crippen LogP contribution in [0.25, 0.3) is 0 Å². The van der Waals surface area contributed by atoms with Gasteiger partial charge in [-0.15, -0.1) is 0 Å². The Kier molecular flexibility index (Phi) is 4.45. The standard InChI is InChI=1S/C10H15N3OS/c1-13(2)9(11-10(14)12-15)8-6-4-3-5-7-8/h3-7,9,15H,1-2H3,(H2,11,12,14). The Morgan fingerprint density at radius 1 is 1.33 bits per heavy atom. The molecule has 0 fully saturated rings. The van der Waals surface area contributed by atoms with Gasteiger partial charge in [-0.1, -0.05) is 43.1 Å². The van der Waals surface area contributed by atoms with Crippen molar-refractivity contribution in [2.45, 2.75) is 6.17 Å². The lowest BCUT2D eigenvalue weighted by molar-refractivity contribution is 0.216. The van der Waals surface area contributed by atoms with Crippen LogP contribution < -0.4 is 10.0 Å². The van der Waals surface area contributed by atoms with E-state index in [4.69, 9.17) is 0 Å². The maximum Gasteiger partial charge on any atom is 0.326 e. The van der Waals surface area contributed by atoms with Crippen LogP contribution in [0.15, 0.2) is 30.3 Å². The minimum Gasteiger partial charge on any atom is -0.318 e. The second-order valence-corrected chi connectivity index (χ2v) is 3.59. The van der Waals surface area contributed by atoms with E-state index in [1.54, 1.807) is 0 Å². The fraction of sp³-hybridized carbons (Fsp3) is 0.300. The summed E-state index contributed by atoms with van der Waals surface area (Å²) in [5, 5.41) is 2.78. The van der Waals surface area contributed by atoms with Gasteiger partial charge in [-0.3, -0.25) is 9.62 Å². The molecular weight excluding hydrogens is 210 g/mol. The number of hydrogen-bond acceptors (Lipinski definition) is 3. The van der Waals surface area contributed by atoms with Gasteiger partial charge in [-0.2, -0.15) is 0 Å². The predicted molar refractivity (Wildman–Crippen MR) is 63.5 cm³/mol. The summed E-state index contributed by atoms with van der Waals surface area (Å²) < 4.78 is 2.24. The third-order valence-corrected chi connectivity index (χ3v) is 2.20. The van der Waals surface area contributed by atoms with E-state index in [0.717, 1.165) is 5.56 Å². The van der Waals surface area contributed by atoms with Crippen molar-refractivity contribution in [3.8, 4) is 0 Å². The molecular formula is C10H15N3OS. The van der Waals surface area contributed by atoms with Crippen LogP contribution in [0.5, 0.6) is 0 Å². The molecule has 1 atom stereocenters. The van der Waals surface area contributed by atoms with E-state index in [-0.39, 0.29) is 12.2 Å². The minimum atomic E-state index is -0.319. The fourth-order valence-electron chi connectivity index (χ4n) is 1.30. The highest BCUT2D eigenvalue weighted by Crippen LogP contribution is 2.14. The molecule has 0 heterocycles. The second kappa shape index (κ2) is 5.63. The first-order chi connectivity index (χ1) is 7.15. The highest BCUT2D eigenvalue weighted by atomic mass is 32.1. The molecule has 0 spiro atoms. The molecule has 0 radical (unpaired) electrons. The summed E-state index contributed by atoms with van der Waals surface area (Å²) in [7, 11) is 3.80. The van der Waals surface area contributed by atoms with Crippen molar-refractivity contribution >= 4 is 18.8 Å². The quantitative estimate of drug-likeness (QED) is 0.537. The molecule has 15 heavy (non-hydrogen) atoms. The summed E-state index contributed by atoms with van der Waals surface area (Å²) in [6, 6.07) is 9.42. The molecule has 2 amide bonds. The molecule has 2 N–H and O–H groups in total. The zero-order chi connectivity index (χ0) is 11.3. The van der Waals surface area contributed by atoms with Gasteiger partial charge in [0.05, 0.1) is 0 Å². The third kappa shape index (κ3) is 3.45. The predicted octanol–water partition coefficient (Wildman–Crippen LogP) is 1.39. The Balaban J connectivity index is 2.79. The molecule has 4 nitrogen and oxygen atoms in total. The van der Waals surface area contributed by atoms with Crippen LogP contribution in [-0.4, -0.2) is 25.0 Å². The molecule has 1 rings (SSSR count). The van der Waals surface area contributed by atoms with Gasteiger partial charge in [0.25, 0.3) is 0 Å². The van der Waals surface area contributed by atoms with Gasteiger partial charge < -0.3 is 5.32 Å². The Hall–Kier alpha value is -1.20. The molecule has 82 valence electrons. The van der Waals surface area contributed by atoms with Crippen molar-refractivity contribution < 1.29 is 4.79 Å². The Morgan fingerprint density at radius 2 is 1.93 bits per heavy atom. The summed E-state index contributed by atoms with van der Waals surface area (Å²) in [6.45, 7) is 0. The van der Waals surface area contributed by atoms with Crippen LogP contribution in [0, 0.1) is 0 Å². The van der Waals surface area contributed by atoms with Gasteiger partial charge in [-0.05, 0) is 19.7 Å². The van der Waals surface area contributed by atoms with E-state index in [0.29, 0.717) is 0 Å². The van der Waals surface area contributed by atoms with Gasteiger partial charge in [0.2, 0.25) is 0 Å². The van der Waals surface area contributed by atoms with E-state index in [1.807, 2.05) is 49.3 Å². The molecule has 0 aliphatic rings. The van der Waals surface area contributed by atoms with Crippen molar-refractivity contribution in [3.05, 3.63) is 35.9 Å². The molecule has 0 aliphatic carbocycles. The smallest absolute Gasteiger partial charge is 0.318 e. The van der Waals surface area contributed by atoms with Gasteiger partial charge in [0.1, 0.15) is 6.17 Å². The zero-order valence-corrected chi connectivity index (χ0v) is 9.66. The van der Waals surface area contributed by atoms with E-state index in [2.05, 4.69) is 22.9 Å². The number of carbonyl (C=O) groups is 1. The lowest BCUT2D eigenvalue weighted by Crippen LogP contribution is -2.40. The summed E-state index contributed by atoms with van der Waals surface area (Å²) >= 11 is 3.69. The summed E-state index contributed by atoms with van der Waals surface area (Å²) in [5.74, 6) is 0. The largest absolute Gasteiger partial charge is 0.326 e. The molecule has 0 saturated heterocycles. The first-order valence-corrected chi connectivity index (χ1v) is 5.02. The van der Waals surface area contributed by atoms with Gasteiger partial charge in [0, 0.05) is 0 Å². The summed E-state index contributed by atoms with van der Waals surface area (Å²) in [6.07, 6.45) is -0.154. The summed E-state index contributed by atoms with van der Waals surface area (Å²) in [5.41, 5.74) is 1.03. The van der Waals surface area contributed by atoms with Crippen molar-refractivity contribution in [2.75, 3.05) is 14.1 Å². The maximum atomic E-state index is 11.2. The topological polar surface area (TPSA) is 44.4 Å². The number of benzene rings is 1. The van der Waals surface area contributed by atoms with Gasteiger partial charge in [-0.25, -0.2) is 4.79 Å². The Morgan fingerprint density at radius 3 is 2.40 bits per heavy atom. The van der Waals surface area contributed by atoms with E-state index in [9.17, 15) is 4.79 Å². The highest BCUT2D eigenvalue weighted by molar-refractivity contribution is 7.78. The number of thiol groups is 1. The maximum absolute atomic E-state index is 11.2. The molecule has 0 saturated carbocycles. The molecule has 0 aromatic heterocycles. The number of amides is 2. The number of urea groups is 1. The average molecular weight is 225 g/mol. The third-order valence-electron chi connectivity index (χ3n) is 2.00. The SMILES string of the molecule is CN(C)C(NC(=O)NS)c1ccccc1. The minimum absolute atomic E-state index is 0.154. The van der Waals surface area contributed by atoms with E-state index in [1.165, 1.54) is 0 Å². The van der Waals surface area contributed by atoms with Crippen LogP contribution in [0.3, 0.4) is 0 Å². The normalized spacial score (nSPS) is 12.3. The number of nitrogens with one attached hydrogen (secondary N) is 2. The van der Waals surface area contributed by atoms with Gasteiger partial charge >= 0.3 is 6.03 Å². The molecule has 0 aliphatic heterocycles. The number of carbonyl (C=O) groups excluding carboxylic acids is 1. The van der Waals surface area contributed by atoms with Crippen molar-refractivity contribution in [1.82, 2.24) is 14.9 Å². The van der Waals surface area contributed by atoms with E-state index >= 15 is 0 Å². The molecule has 1 unspecified atom stereocenters. The van der Waals surface area contributed by atoms with E-state index < -0.39 is 0 Å².